The first kappa shape index (κ1) is 14.6. The fourth-order valence-electron chi connectivity index (χ4n) is 1.89. The molecule has 2 rings (SSSR count). The highest BCUT2D eigenvalue weighted by molar-refractivity contribution is 6.30. The molecule has 5 heteroatoms. The van der Waals surface area contributed by atoms with Gasteiger partial charge in [-0.05, 0) is 41.5 Å². The quantitative estimate of drug-likeness (QED) is 0.830. The van der Waals surface area contributed by atoms with Crippen LogP contribution < -0.4 is 0 Å². The van der Waals surface area contributed by atoms with Crippen molar-refractivity contribution in [2.75, 3.05) is 0 Å². The molecule has 0 heterocycles. The van der Waals surface area contributed by atoms with Gasteiger partial charge in [-0.3, -0.25) is 4.79 Å². The van der Waals surface area contributed by atoms with Gasteiger partial charge >= 0.3 is 0 Å². The third-order valence-corrected chi connectivity index (χ3v) is 2.95. The van der Waals surface area contributed by atoms with Crippen LogP contribution in [0.4, 0.5) is 13.2 Å². The van der Waals surface area contributed by atoms with Gasteiger partial charge in [0.15, 0.2) is 0 Å². The van der Waals surface area contributed by atoms with Crippen LogP contribution in [0.5, 0.6) is 0 Å². The van der Waals surface area contributed by atoms with E-state index in [1.807, 2.05) is 0 Å². The summed E-state index contributed by atoms with van der Waals surface area (Å²) in [5.41, 5.74) is 0.384. The maximum Gasteiger partial charge on any atom is 0.141 e. The van der Waals surface area contributed by atoms with Crippen LogP contribution in [-0.4, -0.2) is 5.78 Å². The Morgan fingerprint density at radius 1 is 0.950 bits per heavy atom. The van der Waals surface area contributed by atoms with Crippen LogP contribution in [0.3, 0.4) is 0 Å². The summed E-state index contributed by atoms with van der Waals surface area (Å²) in [6.07, 6.45) is -0.342. The summed E-state index contributed by atoms with van der Waals surface area (Å²) < 4.78 is 39.5. The van der Waals surface area contributed by atoms with E-state index in [-0.39, 0.29) is 29.8 Å². The molecule has 20 heavy (non-hydrogen) atoms. The average molecular weight is 299 g/mol. The molecular weight excluding hydrogens is 289 g/mol. The molecule has 0 aliphatic heterocycles. The van der Waals surface area contributed by atoms with Gasteiger partial charge in [-0.2, -0.15) is 0 Å². The van der Waals surface area contributed by atoms with E-state index < -0.39 is 17.5 Å². The van der Waals surface area contributed by atoms with E-state index in [9.17, 15) is 18.0 Å². The maximum atomic E-state index is 13.5. The van der Waals surface area contributed by atoms with E-state index >= 15 is 0 Å². The Hall–Kier alpha value is -1.81. The minimum absolute atomic E-state index is 0.166. The lowest BCUT2D eigenvalue weighted by atomic mass is 10.0. The van der Waals surface area contributed by atoms with Crippen molar-refractivity contribution in [3.05, 3.63) is 70.0 Å². The minimum Gasteiger partial charge on any atom is -0.299 e. The van der Waals surface area contributed by atoms with Gasteiger partial charge in [-0.1, -0.05) is 11.6 Å². The molecule has 104 valence electrons. The van der Waals surface area contributed by atoms with Gasteiger partial charge in [-0.15, -0.1) is 0 Å². The molecule has 0 atom stereocenters. The molecule has 2 aromatic carbocycles. The van der Waals surface area contributed by atoms with Crippen molar-refractivity contribution in [1.29, 1.82) is 0 Å². The Kier molecular flexibility index (Phi) is 4.45. The lowest BCUT2D eigenvalue weighted by Crippen LogP contribution is -2.08. The van der Waals surface area contributed by atoms with Gasteiger partial charge in [0.1, 0.15) is 23.2 Å². The van der Waals surface area contributed by atoms with Gasteiger partial charge in [0, 0.05) is 23.9 Å². The molecule has 0 saturated carbocycles. The molecule has 0 radical (unpaired) electrons. The molecule has 1 nitrogen and oxygen atoms in total. The second-order valence-corrected chi connectivity index (χ2v) is 4.84. The van der Waals surface area contributed by atoms with Gasteiger partial charge in [-0.25, -0.2) is 13.2 Å². The summed E-state index contributed by atoms with van der Waals surface area (Å²) in [5.74, 6) is -2.38. The summed E-state index contributed by atoms with van der Waals surface area (Å²) in [6.45, 7) is 0. The standard InChI is InChI=1S/C15H10ClF3O/c16-11-1-2-15(19)10(6-11)7-14(20)5-9-3-12(17)8-13(18)4-9/h1-4,6,8H,5,7H2. The zero-order valence-corrected chi connectivity index (χ0v) is 11.1. The van der Waals surface area contributed by atoms with Crippen LogP contribution >= 0.6 is 11.6 Å². The van der Waals surface area contributed by atoms with Crippen molar-refractivity contribution >= 4 is 17.4 Å². The average Bonchev–Trinajstić information content (AvgIpc) is 2.32. The maximum absolute atomic E-state index is 13.5. The third kappa shape index (κ3) is 3.84. The van der Waals surface area contributed by atoms with Crippen LogP contribution in [0.1, 0.15) is 11.1 Å². The number of benzene rings is 2. The highest BCUT2D eigenvalue weighted by atomic mass is 35.5. The number of carbonyl (C=O) groups is 1. The minimum atomic E-state index is -0.748. The first-order chi connectivity index (χ1) is 9.44. The van der Waals surface area contributed by atoms with Crippen LogP contribution in [0.2, 0.25) is 5.02 Å². The highest BCUT2D eigenvalue weighted by Crippen LogP contribution is 2.17. The molecular formula is C15H10ClF3O. The molecule has 0 aliphatic rings. The van der Waals surface area contributed by atoms with Gasteiger partial charge in [0.2, 0.25) is 0 Å². The number of hydrogen-bond acceptors (Lipinski definition) is 1. The van der Waals surface area contributed by atoms with Gasteiger partial charge < -0.3 is 0 Å². The Bertz CT molecular complexity index is 635. The van der Waals surface area contributed by atoms with E-state index in [1.54, 1.807) is 0 Å². The summed E-state index contributed by atoms with van der Waals surface area (Å²) in [6, 6.07) is 6.80. The molecule has 0 amide bonds. The molecule has 0 saturated heterocycles. The highest BCUT2D eigenvalue weighted by Gasteiger charge is 2.11. The smallest absolute Gasteiger partial charge is 0.141 e. The number of halogens is 4. The first-order valence-electron chi connectivity index (χ1n) is 5.84. The lowest BCUT2D eigenvalue weighted by molar-refractivity contribution is -0.117. The van der Waals surface area contributed by atoms with Crippen LogP contribution in [-0.2, 0) is 17.6 Å². The number of Topliss-reactive ketones (excluding diaryl/α,β-unsaturated/α-hetero) is 1. The predicted molar refractivity (Wildman–Crippen MR) is 70.2 cm³/mol. The topological polar surface area (TPSA) is 17.1 Å². The van der Waals surface area contributed by atoms with Crippen LogP contribution in [0.15, 0.2) is 36.4 Å². The normalized spacial score (nSPS) is 10.6. The van der Waals surface area contributed by atoms with Crippen LogP contribution in [0, 0.1) is 17.5 Å². The summed E-state index contributed by atoms with van der Waals surface area (Å²) in [4.78, 5) is 11.8. The van der Waals surface area contributed by atoms with Crippen molar-refractivity contribution in [3.8, 4) is 0 Å². The number of rotatable bonds is 4. The van der Waals surface area contributed by atoms with Crippen molar-refractivity contribution in [2.24, 2.45) is 0 Å². The summed E-state index contributed by atoms with van der Waals surface area (Å²) >= 11 is 5.72. The lowest BCUT2D eigenvalue weighted by Gasteiger charge is -2.04. The molecule has 0 N–H and O–H groups in total. The molecule has 0 spiro atoms. The third-order valence-electron chi connectivity index (χ3n) is 2.72. The van der Waals surface area contributed by atoms with E-state index in [0.717, 1.165) is 18.2 Å². The van der Waals surface area contributed by atoms with Crippen LogP contribution in [0.25, 0.3) is 0 Å². The zero-order valence-electron chi connectivity index (χ0n) is 10.3. The Balaban J connectivity index is 2.11. The fraction of sp³-hybridized carbons (Fsp3) is 0.133. The van der Waals surface area contributed by atoms with Crippen molar-refractivity contribution in [2.45, 2.75) is 12.8 Å². The molecule has 0 unspecified atom stereocenters. The van der Waals surface area contributed by atoms with E-state index in [1.165, 1.54) is 18.2 Å². The Morgan fingerprint density at radius 3 is 2.25 bits per heavy atom. The molecule has 0 aliphatic carbocycles. The van der Waals surface area contributed by atoms with Crippen molar-refractivity contribution in [1.82, 2.24) is 0 Å². The van der Waals surface area contributed by atoms with E-state index in [2.05, 4.69) is 0 Å². The van der Waals surface area contributed by atoms with E-state index in [4.69, 9.17) is 11.6 Å². The largest absolute Gasteiger partial charge is 0.299 e. The molecule has 2 aromatic rings. The monoisotopic (exact) mass is 298 g/mol. The van der Waals surface area contributed by atoms with Crippen molar-refractivity contribution in [3.63, 3.8) is 0 Å². The first-order valence-corrected chi connectivity index (χ1v) is 6.22. The Labute approximate surface area is 119 Å². The van der Waals surface area contributed by atoms with Crippen molar-refractivity contribution < 1.29 is 18.0 Å². The summed E-state index contributed by atoms with van der Waals surface area (Å²) in [5, 5.41) is 0.325. The number of ketones is 1. The molecule has 0 fully saturated rings. The SMILES string of the molecule is O=C(Cc1cc(F)cc(F)c1)Cc1cc(Cl)ccc1F. The number of carbonyl (C=O) groups excluding carboxylic acids is 1. The fourth-order valence-corrected chi connectivity index (χ4v) is 2.09. The zero-order chi connectivity index (χ0) is 14.7. The Morgan fingerprint density at radius 2 is 1.60 bits per heavy atom. The number of hydrogen-bond donors (Lipinski definition) is 0. The van der Waals surface area contributed by atoms with Gasteiger partial charge in [0.25, 0.3) is 0 Å². The predicted octanol–water partition coefficient (Wildman–Crippen LogP) is 4.11. The molecule has 0 bridgehead atoms. The summed E-state index contributed by atoms with van der Waals surface area (Å²) in [7, 11) is 0. The second kappa shape index (κ2) is 6.09. The second-order valence-electron chi connectivity index (χ2n) is 4.41. The van der Waals surface area contributed by atoms with E-state index in [0.29, 0.717) is 5.02 Å². The molecule has 0 aromatic heterocycles. The van der Waals surface area contributed by atoms with Gasteiger partial charge in [0.05, 0.1) is 0 Å².